The molecule has 0 aliphatic heterocycles. The molecule has 0 atom stereocenters. The number of thiophene rings is 1. The highest BCUT2D eigenvalue weighted by Crippen LogP contribution is 2.16. The number of aromatic nitrogens is 1. The van der Waals surface area contributed by atoms with Gasteiger partial charge in [-0.2, -0.15) is 11.3 Å². The van der Waals surface area contributed by atoms with Gasteiger partial charge in [0.25, 0.3) is 0 Å². The molecule has 0 saturated heterocycles. The van der Waals surface area contributed by atoms with Gasteiger partial charge in [-0.15, -0.1) is 0 Å². The van der Waals surface area contributed by atoms with Crippen molar-refractivity contribution in [1.82, 2.24) is 4.98 Å². The van der Waals surface area contributed by atoms with Crippen molar-refractivity contribution in [1.29, 1.82) is 0 Å². The van der Waals surface area contributed by atoms with E-state index < -0.39 is 0 Å². The minimum absolute atomic E-state index is 0.0931. The van der Waals surface area contributed by atoms with Crippen molar-refractivity contribution in [3.05, 3.63) is 52.0 Å². The molecule has 0 aliphatic rings. The van der Waals surface area contributed by atoms with E-state index in [-0.39, 0.29) is 5.78 Å². The number of rotatable bonds is 3. The van der Waals surface area contributed by atoms with Gasteiger partial charge in [0.1, 0.15) is 0 Å². The topological polar surface area (TPSA) is 30.0 Å². The second kappa shape index (κ2) is 4.36. The van der Waals surface area contributed by atoms with Gasteiger partial charge in [0.2, 0.25) is 0 Å². The Morgan fingerprint density at radius 2 is 2.33 bits per heavy atom. The number of pyridine rings is 1. The first-order chi connectivity index (χ1) is 7.33. The summed E-state index contributed by atoms with van der Waals surface area (Å²) in [5.74, 6) is 0.0931. The third kappa shape index (κ3) is 1.97. The highest BCUT2D eigenvalue weighted by Gasteiger charge is 2.12. The van der Waals surface area contributed by atoms with E-state index in [2.05, 4.69) is 4.98 Å². The van der Waals surface area contributed by atoms with E-state index in [9.17, 15) is 4.79 Å². The van der Waals surface area contributed by atoms with Crippen LogP contribution in [0.3, 0.4) is 0 Å². The molecule has 0 aromatic carbocycles. The van der Waals surface area contributed by atoms with Crippen molar-refractivity contribution in [2.75, 3.05) is 0 Å². The lowest BCUT2D eigenvalue weighted by Crippen LogP contribution is -2.04. The van der Waals surface area contributed by atoms with Crippen LogP contribution in [-0.2, 0) is 6.42 Å². The first-order valence-corrected chi connectivity index (χ1v) is 5.77. The van der Waals surface area contributed by atoms with Crippen molar-refractivity contribution < 1.29 is 4.79 Å². The van der Waals surface area contributed by atoms with Crippen LogP contribution in [0.15, 0.2) is 35.3 Å². The fraction of sp³-hybridized carbons (Fsp3) is 0.167. The van der Waals surface area contributed by atoms with Crippen molar-refractivity contribution in [2.24, 2.45) is 0 Å². The normalized spacial score (nSPS) is 10.2. The van der Waals surface area contributed by atoms with Crippen LogP contribution in [0.2, 0.25) is 0 Å². The van der Waals surface area contributed by atoms with Crippen molar-refractivity contribution in [3.63, 3.8) is 0 Å². The molecule has 0 amide bonds. The molecule has 2 aromatic rings. The Hall–Kier alpha value is -1.48. The Morgan fingerprint density at radius 3 is 3.00 bits per heavy atom. The Bertz CT molecular complexity index is 462. The predicted octanol–water partition coefficient (Wildman–Crippen LogP) is 2.94. The first-order valence-electron chi connectivity index (χ1n) is 4.82. The molecule has 0 radical (unpaired) electrons. The average molecular weight is 217 g/mol. The van der Waals surface area contributed by atoms with Crippen molar-refractivity contribution in [3.8, 4) is 0 Å². The smallest absolute Gasteiger partial charge is 0.194 e. The lowest BCUT2D eigenvalue weighted by Gasteiger charge is -2.03. The Balaban J connectivity index is 2.42. The third-order valence-corrected chi connectivity index (χ3v) is 3.00. The van der Waals surface area contributed by atoms with E-state index in [1.165, 1.54) is 11.3 Å². The van der Waals surface area contributed by atoms with Crippen molar-refractivity contribution >= 4 is 17.1 Å². The largest absolute Gasteiger partial charge is 0.289 e. The third-order valence-electron chi connectivity index (χ3n) is 2.31. The maximum absolute atomic E-state index is 12.1. The highest BCUT2D eigenvalue weighted by molar-refractivity contribution is 7.08. The summed E-state index contributed by atoms with van der Waals surface area (Å²) in [6.45, 7) is 2.03. The van der Waals surface area contributed by atoms with Gasteiger partial charge in [-0.1, -0.05) is 6.92 Å². The van der Waals surface area contributed by atoms with E-state index in [1.807, 2.05) is 23.8 Å². The molecule has 0 aliphatic carbocycles. The number of hydrogen-bond acceptors (Lipinski definition) is 3. The second-order valence-electron chi connectivity index (χ2n) is 3.23. The van der Waals surface area contributed by atoms with E-state index in [0.29, 0.717) is 0 Å². The summed E-state index contributed by atoms with van der Waals surface area (Å²) < 4.78 is 0. The molecule has 3 heteroatoms. The quantitative estimate of drug-likeness (QED) is 0.740. The summed E-state index contributed by atoms with van der Waals surface area (Å²) in [4.78, 5) is 16.1. The Kier molecular flexibility index (Phi) is 2.92. The van der Waals surface area contributed by atoms with Crippen LogP contribution in [0.4, 0.5) is 0 Å². The number of nitrogens with zero attached hydrogens (tertiary/aromatic N) is 1. The monoisotopic (exact) mass is 217 g/mol. The van der Waals surface area contributed by atoms with Gasteiger partial charge >= 0.3 is 0 Å². The summed E-state index contributed by atoms with van der Waals surface area (Å²) in [6, 6.07) is 3.64. The van der Waals surface area contributed by atoms with E-state index in [1.54, 1.807) is 18.5 Å². The molecule has 0 unspecified atom stereocenters. The van der Waals surface area contributed by atoms with Gasteiger partial charge < -0.3 is 0 Å². The molecular weight excluding hydrogens is 206 g/mol. The zero-order valence-corrected chi connectivity index (χ0v) is 9.25. The first kappa shape index (κ1) is 10.1. The number of aryl methyl sites for hydroxylation is 1. The number of hydrogen-bond donors (Lipinski definition) is 0. The van der Waals surface area contributed by atoms with Gasteiger partial charge in [-0.25, -0.2) is 0 Å². The molecule has 2 heterocycles. The summed E-state index contributed by atoms with van der Waals surface area (Å²) in [5.41, 5.74) is 2.54. The minimum Gasteiger partial charge on any atom is -0.289 e. The van der Waals surface area contributed by atoms with E-state index in [4.69, 9.17) is 0 Å². The highest BCUT2D eigenvalue weighted by atomic mass is 32.1. The molecule has 0 N–H and O–H groups in total. The average Bonchev–Trinajstić information content (AvgIpc) is 2.81. The van der Waals surface area contributed by atoms with Crippen LogP contribution in [0.5, 0.6) is 0 Å². The molecule has 0 bridgehead atoms. The second-order valence-corrected chi connectivity index (χ2v) is 4.01. The maximum Gasteiger partial charge on any atom is 0.194 e. The molecular formula is C12H11NOS. The maximum atomic E-state index is 12.1. The molecule has 2 rings (SSSR count). The summed E-state index contributed by atoms with van der Waals surface area (Å²) in [7, 11) is 0. The van der Waals surface area contributed by atoms with Crippen LogP contribution in [0, 0.1) is 0 Å². The fourth-order valence-corrected chi connectivity index (χ4v) is 2.12. The fourth-order valence-electron chi connectivity index (χ4n) is 1.48. The minimum atomic E-state index is 0.0931. The van der Waals surface area contributed by atoms with Crippen molar-refractivity contribution in [2.45, 2.75) is 13.3 Å². The number of carbonyl (C=O) groups is 1. The number of carbonyl (C=O) groups excluding carboxylic acids is 1. The standard InChI is InChI=1S/C12H11NOS/c1-2-9-7-13-5-3-11(9)12(14)10-4-6-15-8-10/h3-8H,2H2,1H3. The summed E-state index contributed by atoms with van der Waals surface area (Å²) in [5, 5.41) is 3.79. The lowest BCUT2D eigenvalue weighted by molar-refractivity contribution is 0.103. The number of ketones is 1. The van der Waals surface area contributed by atoms with Crippen LogP contribution >= 0.6 is 11.3 Å². The summed E-state index contributed by atoms with van der Waals surface area (Å²) in [6.07, 6.45) is 4.26. The molecule has 2 nitrogen and oxygen atoms in total. The van der Waals surface area contributed by atoms with Crippen LogP contribution < -0.4 is 0 Å². The van der Waals surface area contributed by atoms with Crippen LogP contribution in [-0.4, -0.2) is 10.8 Å². The summed E-state index contributed by atoms with van der Waals surface area (Å²) >= 11 is 1.54. The molecule has 0 spiro atoms. The van der Waals surface area contributed by atoms with E-state index in [0.717, 1.165) is 23.1 Å². The van der Waals surface area contributed by atoms with Crippen LogP contribution in [0.1, 0.15) is 28.4 Å². The molecule has 0 fully saturated rings. The van der Waals surface area contributed by atoms with Gasteiger partial charge in [0.15, 0.2) is 5.78 Å². The SMILES string of the molecule is CCc1cnccc1C(=O)c1ccsc1. The molecule has 15 heavy (non-hydrogen) atoms. The zero-order chi connectivity index (χ0) is 10.7. The van der Waals surface area contributed by atoms with Gasteiger partial charge in [0.05, 0.1) is 0 Å². The molecule has 0 saturated carbocycles. The van der Waals surface area contributed by atoms with Gasteiger partial charge in [0, 0.05) is 28.9 Å². The van der Waals surface area contributed by atoms with Gasteiger partial charge in [-0.3, -0.25) is 9.78 Å². The zero-order valence-electron chi connectivity index (χ0n) is 8.43. The predicted molar refractivity (Wildman–Crippen MR) is 61.4 cm³/mol. The lowest BCUT2D eigenvalue weighted by atomic mass is 10.0. The van der Waals surface area contributed by atoms with E-state index >= 15 is 0 Å². The molecule has 2 aromatic heterocycles. The Morgan fingerprint density at radius 1 is 1.47 bits per heavy atom. The van der Waals surface area contributed by atoms with Gasteiger partial charge in [-0.05, 0) is 29.5 Å². The Labute approximate surface area is 92.6 Å². The van der Waals surface area contributed by atoms with Crippen LogP contribution in [0.25, 0.3) is 0 Å². The molecule has 76 valence electrons.